The number of rotatable bonds is 5. The molecule has 0 amide bonds. The molecule has 0 aliphatic heterocycles. The molecule has 0 aromatic heterocycles. The van der Waals surface area contributed by atoms with Crippen molar-refractivity contribution in [3.8, 4) is 0 Å². The van der Waals surface area contributed by atoms with Crippen LogP contribution in [0.4, 0.5) is 15.8 Å². The number of nitrogens with one attached hydrogen (secondary N) is 1. The third-order valence-electron chi connectivity index (χ3n) is 3.23. The molecule has 2 aromatic carbocycles. The summed E-state index contributed by atoms with van der Waals surface area (Å²) in [5.41, 5.74) is 2.01. The molecule has 1 atom stereocenters. The van der Waals surface area contributed by atoms with Crippen LogP contribution in [0.25, 0.3) is 0 Å². The summed E-state index contributed by atoms with van der Waals surface area (Å²) in [5, 5.41) is 14.1. The number of aryl methyl sites for hydroxylation is 1. The summed E-state index contributed by atoms with van der Waals surface area (Å²) < 4.78 is 13.6. The quantitative estimate of drug-likeness (QED) is 0.666. The Bertz CT molecular complexity index is 658. The van der Waals surface area contributed by atoms with E-state index in [1.54, 1.807) is 30.3 Å². The molecule has 5 heteroatoms. The molecule has 1 N–H and O–H groups in total. The van der Waals surface area contributed by atoms with Crippen LogP contribution in [0.5, 0.6) is 0 Å². The lowest BCUT2D eigenvalue weighted by atomic mass is 10.1. The molecule has 0 aliphatic rings. The number of nitro groups is 1. The van der Waals surface area contributed by atoms with Gasteiger partial charge in [0.1, 0.15) is 11.5 Å². The van der Waals surface area contributed by atoms with Gasteiger partial charge in [-0.3, -0.25) is 10.1 Å². The van der Waals surface area contributed by atoms with Crippen molar-refractivity contribution in [2.24, 2.45) is 0 Å². The van der Waals surface area contributed by atoms with Gasteiger partial charge in [0, 0.05) is 12.1 Å². The fourth-order valence-electron chi connectivity index (χ4n) is 2.23. The maximum atomic E-state index is 13.6. The van der Waals surface area contributed by atoms with Crippen molar-refractivity contribution in [3.63, 3.8) is 0 Å². The molecule has 0 spiro atoms. The highest BCUT2D eigenvalue weighted by atomic mass is 19.1. The second-order valence-electron chi connectivity index (χ2n) is 5.12. The van der Waals surface area contributed by atoms with Crippen LogP contribution in [0, 0.1) is 22.9 Å². The highest BCUT2D eigenvalue weighted by Gasteiger charge is 2.16. The first-order valence-electron chi connectivity index (χ1n) is 6.72. The van der Waals surface area contributed by atoms with Crippen LogP contribution >= 0.6 is 0 Å². The molecule has 0 heterocycles. The van der Waals surface area contributed by atoms with Crippen LogP contribution in [0.1, 0.15) is 18.1 Å². The molecular weight excluding hydrogens is 271 g/mol. The van der Waals surface area contributed by atoms with E-state index in [4.69, 9.17) is 0 Å². The van der Waals surface area contributed by atoms with E-state index >= 15 is 0 Å². The number of halogens is 1. The van der Waals surface area contributed by atoms with Gasteiger partial charge in [0.15, 0.2) is 0 Å². The van der Waals surface area contributed by atoms with Gasteiger partial charge in [-0.2, -0.15) is 0 Å². The first-order valence-corrected chi connectivity index (χ1v) is 6.72. The van der Waals surface area contributed by atoms with Gasteiger partial charge in [0.2, 0.25) is 0 Å². The zero-order valence-corrected chi connectivity index (χ0v) is 12.0. The number of hydrogen-bond acceptors (Lipinski definition) is 3. The van der Waals surface area contributed by atoms with E-state index in [0.717, 1.165) is 5.56 Å². The minimum atomic E-state index is -0.419. The van der Waals surface area contributed by atoms with Crippen molar-refractivity contribution < 1.29 is 9.31 Å². The summed E-state index contributed by atoms with van der Waals surface area (Å²) in [5.74, 6) is -0.259. The SMILES string of the molecule is Cc1ccc([N+](=O)[O-])c(NC(C)Cc2ccccc2F)c1. The van der Waals surface area contributed by atoms with Crippen molar-refractivity contribution in [2.45, 2.75) is 26.3 Å². The summed E-state index contributed by atoms with van der Waals surface area (Å²) >= 11 is 0. The van der Waals surface area contributed by atoms with Crippen LogP contribution in [-0.2, 0) is 6.42 Å². The molecule has 4 nitrogen and oxygen atoms in total. The smallest absolute Gasteiger partial charge is 0.292 e. The van der Waals surface area contributed by atoms with Gasteiger partial charge in [-0.1, -0.05) is 24.3 Å². The third-order valence-corrected chi connectivity index (χ3v) is 3.23. The van der Waals surface area contributed by atoms with E-state index in [2.05, 4.69) is 5.32 Å². The summed E-state index contributed by atoms with van der Waals surface area (Å²) in [4.78, 5) is 10.6. The maximum Gasteiger partial charge on any atom is 0.292 e. The number of anilines is 1. The Morgan fingerprint density at radius 1 is 1.29 bits per heavy atom. The van der Waals surface area contributed by atoms with Crippen molar-refractivity contribution in [1.29, 1.82) is 0 Å². The van der Waals surface area contributed by atoms with Crippen LogP contribution in [0.3, 0.4) is 0 Å². The first-order chi connectivity index (χ1) is 9.97. The molecule has 2 aromatic rings. The fraction of sp³-hybridized carbons (Fsp3) is 0.250. The van der Waals surface area contributed by atoms with Crippen LogP contribution in [-0.4, -0.2) is 11.0 Å². The van der Waals surface area contributed by atoms with Gasteiger partial charge >= 0.3 is 0 Å². The molecule has 0 saturated carbocycles. The second-order valence-corrected chi connectivity index (χ2v) is 5.12. The number of benzene rings is 2. The Labute approximate surface area is 122 Å². The zero-order valence-electron chi connectivity index (χ0n) is 12.0. The third kappa shape index (κ3) is 3.78. The second kappa shape index (κ2) is 6.35. The molecular formula is C16H17FN2O2. The zero-order chi connectivity index (χ0) is 15.4. The minimum absolute atomic E-state index is 0.0287. The minimum Gasteiger partial charge on any atom is -0.377 e. The topological polar surface area (TPSA) is 55.2 Å². The fourth-order valence-corrected chi connectivity index (χ4v) is 2.23. The number of hydrogen-bond donors (Lipinski definition) is 1. The first kappa shape index (κ1) is 15.0. The van der Waals surface area contributed by atoms with Crippen LogP contribution in [0.15, 0.2) is 42.5 Å². The van der Waals surface area contributed by atoms with Crippen molar-refractivity contribution >= 4 is 11.4 Å². The lowest BCUT2D eigenvalue weighted by molar-refractivity contribution is -0.384. The van der Waals surface area contributed by atoms with Crippen LogP contribution in [0.2, 0.25) is 0 Å². The summed E-state index contributed by atoms with van der Waals surface area (Å²) in [6, 6.07) is 11.3. The van der Waals surface area contributed by atoms with E-state index in [9.17, 15) is 14.5 Å². The summed E-state index contributed by atoms with van der Waals surface area (Å²) in [6.07, 6.45) is 0.456. The van der Waals surface area contributed by atoms with Gasteiger partial charge in [-0.05, 0) is 43.5 Å². The molecule has 0 saturated heterocycles. The predicted octanol–water partition coefficient (Wildman–Crippen LogP) is 4.09. The van der Waals surface area contributed by atoms with E-state index in [0.29, 0.717) is 17.7 Å². The van der Waals surface area contributed by atoms with Gasteiger partial charge in [-0.15, -0.1) is 0 Å². The van der Waals surface area contributed by atoms with Gasteiger partial charge < -0.3 is 5.32 Å². The van der Waals surface area contributed by atoms with E-state index < -0.39 is 4.92 Å². The van der Waals surface area contributed by atoms with Crippen molar-refractivity contribution in [3.05, 3.63) is 69.5 Å². The molecule has 2 rings (SSSR count). The Balaban J connectivity index is 2.16. The van der Waals surface area contributed by atoms with Gasteiger partial charge in [-0.25, -0.2) is 4.39 Å². The highest BCUT2D eigenvalue weighted by Crippen LogP contribution is 2.26. The predicted molar refractivity (Wildman–Crippen MR) is 81.0 cm³/mol. The Morgan fingerprint density at radius 2 is 2.00 bits per heavy atom. The monoisotopic (exact) mass is 288 g/mol. The largest absolute Gasteiger partial charge is 0.377 e. The van der Waals surface area contributed by atoms with E-state index in [1.165, 1.54) is 12.1 Å². The molecule has 1 unspecified atom stereocenters. The normalized spacial score (nSPS) is 12.0. The summed E-state index contributed by atoms with van der Waals surface area (Å²) in [7, 11) is 0. The summed E-state index contributed by atoms with van der Waals surface area (Å²) in [6.45, 7) is 3.74. The highest BCUT2D eigenvalue weighted by molar-refractivity contribution is 5.63. The molecule has 0 fully saturated rings. The van der Waals surface area contributed by atoms with Crippen molar-refractivity contribution in [1.82, 2.24) is 0 Å². The van der Waals surface area contributed by atoms with Gasteiger partial charge in [0.05, 0.1) is 4.92 Å². The molecule has 0 radical (unpaired) electrons. The lowest BCUT2D eigenvalue weighted by Crippen LogP contribution is -2.19. The Kier molecular flexibility index (Phi) is 4.52. The molecule has 0 bridgehead atoms. The standard InChI is InChI=1S/C16H17FN2O2/c1-11-7-8-16(19(20)21)15(9-11)18-12(2)10-13-5-3-4-6-14(13)17/h3-9,12,18H,10H2,1-2H3. The Morgan fingerprint density at radius 3 is 2.67 bits per heavy atom. The molecule has 110 valence electrons. The van der Waals surface area contributed by atoms with E-state index in [1.807, 2.05) is 13.8 Å². The maximum absolute atomic E-state index is 13.6. The molecule has 21 heavy (non-hydrogen) atoms. The Hall–Kier alpha value is -2.43. The van der Waals surface area contributed by atoms with Gasteiger partial charge in [0.25, 0.3) is 5.69 Å². The lowest BCUT2D eigenvalue weighted by Gasteiger charge is -2.16. The molecule has 0 aliphatic carbocycles. The average molecular weight is 288 g/mol. The number of nitro benzene ring substituents is 1. The van der Waals surface area contributed by atoms with E-state index in [-0.39, 0.29) is 17.5 Å². The van der Waals surface area contributed by atoms with Crippen molar-refractivity contribution in [2.75, 3.05) is 5.32 Å². The number of nitrogens with zero attached hydrogens (tertiary/aromatic N) is 1. The average Bonchev–Trinajstić information content (AvgIpc) is 2.41. The van der Waals surface area contributed by atoms with Crippen LogP contribution < -0.4 is 5.32 Å².